The lowest BCUT2D eigenvalue weighted by Gasteiger charge is -2.08. The van der Waals surface area contributed by atoms with E-state index in [9.17, 15) is 0 Å². The zero-order chi connectivity index (χ0) is 14.1. The van der Waals surface area contributed by atoms with Crippen LogP contribution in [0.4, 0.5) is 0 Å². The van der Waals surface area contributed by atoms with Crippen molar-refractivity contribution < 1.29 is 0 Å². The lowest BCUT2D eigenvalue weighted by molar-refractivity contribution is 0.904. The molecule has 0 amide bonds. The van der Waals surface area contributed by atoms with E-state index in [0.29, 0.717) is 5.88 Å². The molecule has 3 aromatic rings. The Kier molecular flexibility index (Phi) is 3.45. The SMILES string of the molecule is Cc1cccc(-n2c(CCCl)nc3c(C)ccnc32)c1. The van der Waals surface area contributed by atoms with Gasteiger partial charge in [-0.1, -0.05) is 12.1 Å². The van der Waals surface area contributed by atoms with Crippen molar-refractivity contribution in [3.63, 3.8) is 0 Å². The highest BCUT2D eigenvalue weighted by molar-refractivity contribution is 6.17. The lowest BCUT2D eigenvalue weighted by Crippen LogP contribution is -2.03. The van der Waals surface area contributed by atoms with Gasteiger partial charge in [0, 0.05) is 24.2 Å². The van der Waals surface area contributed by atoms with E-state index in [1.807, 2.05) is 12.3 Å². The maximum absolute atomic E-state index is 5.92. The number of nitrogens with zero attached hydrogens (tertiary/aromatic N) is 3. The van der Waals surface area contributed by atoms with Gasteiger partial charge in [-0.05, 0) is 43.2 Å². The van der Waals surface area contributed by atoms with Crippen molar-refractivity contribution in [2.24, 2.45) is 0 Å². The number of fused-ring (bicyclic) bond motifs is 1. The maximum atomic E-state index is 5.92. The van der Waals surface area contributed by atoms with Crippen LogP contribution in [0.5, 0.6) is 0 Å². The molecule has 0 saturated heterocycles. The summed E-state index contributed by atoms with van der Waals surface area (Å²) in [5, 5.41) is 0. The average molecular weight is 286 g/mol. The Morgan fingerprint density at radius 1 is 1.20 bits per heavy atom. The fourth-order valence-corrected chi connectivity index (χ4v) is 2.60. The lowest BCUT2D eigenvalue weighted by atomic mass is 10.2. The molecule has 0 bridgehead atoms. The van der Waals surface area contributed by atoms with Crippen LogP contribution in [0.15, 0.2) is 36.5 Å². The van der Waals surface area contributed by atoms with Gasteiger partial charge in [0.1, 0.15) is 11.3 Å². The molecule has 3 rings (SSSR count). The molecule has 20 heavy (non-hydrogen) atoms. The number of aryl methyl sites for hydroxylation is 3. The molecule has 4 heteroatoms. The third-order valence-electron chi connectivity index (χ3n) is 3.40. The molecule has 2 aromatic heterocycles. The Bertz CT molecular complexity index is 762. The van der Waals surface area contributed by atoms with Gasteiger partial charge in [0.2, 0.25) is 0 Å². The predicted molar refractivity (Wildman–Crippen MR) is 82.8 cm³/mol. The minimum Gasteiger partial charge on any atom is -0.281 e. The number of halogens is 1. The first-order chi connectivity index (χ1) is 9.70. The maximum Gasteiger partial charge on any atom is 0.164 e. The zero-order valence-corrected chi connectivity index (χ0v) is 12.4. The van der Waals surface area contributed by atoms with E-state index in [0.717, 1.165) is 34.7 Å². The normalized spacial score (nSPS) is 11.2. The Labute approximate surface area is 123 Å². The summed E-state index contributed by atoms with van der Waals surface area (Å²) < 4.78 is 2.11. The topological polar surface area (TPSA) is 30.7 Å². The van der Waals surface area contributed by atoms with Crippen LogP contribution in [0.1, 0.15) is 17.0 Å². The molecule has 2 heterocycles. The molecule has 3 nitrogen and oxygen atoms in total. The van der Waals surface area contributed by atoms with Crippen LogP contribution in [0.2, 0.25) is 0 Å². The zero-order valence-electron chi connectivity index (χ0n) is 11.6. The number of alkyl halides is 1. The van der Waals surface area contributed by atoms with E-state index in [1.165, 1.54) is 5.56 Å². The van der Waals surface area contributed by atoms with Crippen molar-refractivity contribution in [3.8, 4) is 5.69 Å². The number of aromatic nitrogens is 3. The van der Waals surface area contributed by atoms with Gasteiger partial charge in [-0.25, -0.2) is 9.97 Å². The fourth-order valence-electron chi connectivity index (χ4n) is 2.43. The smallest absolute Gasteiger partial charge is 0.164 e. The van der Waals surface area contributed by atoms with Crippen molar-refractivity contribution in [1.29, 1.82) is 0 Å². The first-order valence-electron chi connectivity index (χ1n) is 6.66. The molecule has 0 N–H and O–H groups in total. The number of hydrogen-bond acceptors (Lipinski definition) is 2. The molecule has 0 aliphatic carbocycles. The van der Waals surface area contributed by atoms with Crippen LogP contribution >= 0.6 is 11.6 Å². The minimum absolute atomic E-state index is 0.550. The highest BCUT2D eigenvalue weighted by atomic mass is 35.5. The van der Waals surface area contributed by atoms with Gasteiger partial charge in [0.15, 0.2) is 5.65 Å². The molecule has 0 fully saturated rings. The van der Waals surface area contributed by atoms with Crippen molar-refractivity contribution >= 4 is 22.8 Å². The molecule has 0 aliphatic heterocycles. The third kappa shape index (κ3) is 2.18. The van der Waals surface area contributed by atoms with Crippen LogP contribution in [0, 0.1) is 13.8 Å². The van der Waals surface area contributed by atoms with E-state index in [4.69, 9.17) is 16.6 Å². The molecule has 0 radical (unpaired) electrons. The number of hydrogen-bond donors (Lipinski definition) is 0. The standard InChI is InChI=1S/C16H16ClN3/c1-11-4-3-5-13(10-11)20-14(6-8-17)19-15-12(2)7-9-18-16(15)20/h3-5,7,9-10H,6,8H2,1-2H3. The van der Waals surface area contributed by atoms with Crippen LogP contribution in [0.25, 0.3) is 16.9 Å². The van der Waals surface area contributed by atoms with E-state index in [1.54, 1.807) is 0 Å². The first kappa shape index (κ1) is 13.1. The third-order valence-corrected chi connectivity index (χ3v) is 3.58. The van der Waals surface area contributed by atoms with Crippen LogP contribution in [-0.2, 0) is 6.42 Å². The van der Waals surface area contributed by atoms with Gasteiger partial charge in [-0.3, -0.25) is 4.57 Å². The van der Waals surface area contributed by atoms with Crippen molar-refractivity contribution in [3.05, 3.63) is 53.5 Å². The van der Waals surface area contributed by atoms with E-state index in [2.05, 4.69) is 47.7 Å². The number of benzene rings is 1. The summed E-state index contributed by atoms with van der Waals surface area (Å²) in [5.74, 6) is 1.51. The van der Waals surface area contributed by atoms with Gasteiger partial charge in [0.05, 0.1) is 0 Å². The number of rotatable bonds is 3. The highest BCUT2D eigenvalue weighted by Crippen LogP contribution is 2.23. The van der Waals surface area contributed by atoms with Gasteiger partial charge in [0.25, 0.3) is 0 Å². The summed E-state index contributed by atoms with van der Waals surface area (Å²) in [6, 6.07) is 10.3. The fraction of sp³-hybridized carbons (Fsp3) is 0.250. The minimum atomic E-state index is 0.550. The van der Waals surface area contributed by atoms with Crippen LogP contribution in [0.3, 0.4) is 0 Å². The molecule has 102 valence electrons. The predicted octanol–water partition coefficient (Wildman–Crippen LogP) is 3.82. The Hall–Kier alpha value is -1.87. The summed E-state index contributed by atoms with van der Waals surface area (Å²) in [6.07, 6.45) is 2.56. The summed E-state index contributed by atoms with van der Waals surface area (Å²) in [6.45, 7) is 4.14. The number of imidazole rings is 1. The summed E-state index contributed by atoms with van der Waals surface area (Å²) in [4.78, 5) is 9.23. The molecule has 0 atom stereocenters. The van der Waals surface area contributed by atoms with Gasteiger partial charge >= 0.3 is 0 Å². The molecule has 1 aromatic carbocycles. The van der Waals surface area contributed by atoms with E-state index >= 15 is 0 Å². The second kappa shape index (κ2) is 5.25. The average Bonchev–Trinajstić information content (AvgIpc) is 2.79. The van der Waals surface area contributed by atoms with E-state index < -0.39 is 0 Å². The van der Waals surface area contributed by atoms with Crippen LogP contribution in [-0.4, -0.2) is 20.4 Å². The van der Waals surface area contributed by atoms with Crippen molar-refractivity contribution in [1.82, 2.24) is 14.5 Å². The largest absolute Gasteiger partial charge is 0.281 e. The van der Waals surface area contributed by atoms with Crippen molar-refractivity contribution in [2.45, 2.75) is 20.3 Å². The second-order valence-electron chi connectivity index (χ2n) is 4.94. The van der Waals surface area contributed by atoms with Gasteiger partial charge in [-0.2, -0.15) is 0 Å². The molecule has 0 aliphatic rings. The molecule has 0 unspecified atom stereocenters. The Balaban J connectivity index is 2.32. The van der Waals surface area contributed by atoms with Crippen molar-refractivity contribution in [2.75, 3.05) is 5.88 Å². The first-order valence-corrected chi connectivity index (χ1v) is 7.20. The molecule has 0 spiro atoms. The summed E-state index contributed by atoms with van der Waals surface area (Å²) >= 11 is 5.92. The second-order valence-corrected chi connectivity index (χ2v) is 5.32. The Morgan fingerprint density at radius 2 is 2.05 bits per heavy atom. The van der Waals surface area contributed by atoms with Gasteiger partial charge < -0.3 is 0 Å². The molecular formula is C16H16ClN3. The Morgan fingerprint density at radius 3 is 2.80 bits per heavy atom. The quantitative estimate of drug-likeness (QED) is 0.685. The monoisotopic (exact) mass is 285 g/mol. The number of pyridine rings is 1. The summed E-state index contributed by atoms with van der Waals surface area (Å²) in [7, 11) is 0. The highest BCUT2D eigenvalue weighted by Gasteiger charge is 2.14. The van der Waals surface area contributed by atoms with Gasteiger partial charge in [-0.15, -0.1) is 11.6 Å². The molecular weight excluding hydrogens is 270 g/mol. The summed E-state index contributed by atoms with van der Waals surface area (Å²) in [5.41, 5.74) is 5.29. The van der Waals surface area contributed by atoms with E-state index in [-0.39, 0.29) is 0 Å². The molecule has 0 saturated carbocycles. The van der Waals surface area contributed by atoms with Crippen LogP contribution < -0.4 is 0 Å².